The van der Waals surface area contributed by atoms with Gasteiger partial charge in [0.05, 0.1) is 0 Å². The van der Waals surface area contributed by atoms with E-state index in [2.05, 4.69) is 53.1 Å². The smallest absolute Gasteiger partial charge is 0.250 e. The van der Waals surface area contributed by atoms with E-state index in [9.17, 15) is 4.39 Å². The highest BCUT2D eigenvalue weighted by Crippen LogP contribution is 2.21. The fraction of sp³-hybridized carbons (Fsp3) is 0.421. The zero-order chi connectivity index (χ0) is 16.9. The lowest BCUT2D eigenvalue weighted by Crippen LogP contribution is -2.38. The summed E-state index contributed by atoms with van der Waals surface area (Å²) in [5, 5.41) is 0. The number of rotatable bonds is 5. The highest BCUT2D eigenvalue weighted by molar-refractivity contribution is 5.47. The van der Waals surface area contributed by atoms with Crippen molar-refractivity contribution in [2.24, 2.45) is 0 Å². The third-order valence-corrected chi connectivity index (χ3v) is 4.37. The molecular formula is C19H24FN3O. The van der Waals surface area contributed by atoms with Crippen LogP contribution in [0.3, 0.4) is 0 Å². The number of ether oxygens (including phenoxy) is 1. The van der Waals surface area contributed by atoms with Gasteiger partial charge in [-0.15, -0.1) is 0 Å². The summed E-state index contributed by atoms with van der Waals surface area (Å²) in [4.78, 5) is 8.51. The molecule has 3 rings (SSSR count). The van der Waals surface area contributed by atoms with E-state index in [4.69, 9.17) is 4.74 Å². The second-order valence-corrected chi connectivity index (χ2v) is 6.45. The van der Waals surface area contributed by atoms with Crippen molar-refractivity contribution < 1.29 is 9.13 Å². The molecule has 0 bridgehead atoms. The summed E-state index contributed by atoms with van der Waals surface area (Å²) in [6.07, 6.45) is 3.39. The van der Waals surface area contributed by atoms with E-state index in [1.165, 1.54) is 17.3 Å². The second-order valence-electron chi connectivity index (χ2n) is 6.45. The molecule has 0 unspecified atom stereocenters. The van der Waals surface area contributed by atoms with Gasteiger partial charge in [-0.25, -0.2) is 9.37 Å². The molecule has 2 heterocycles. The summed E-state index contributed by atoms with van der Waals surface area (Å²) in [6.45, 7) is 2.84. The first kappa shape index (κ1) is 16.7. The molecular weight excluding hydrogens is 305 g/mol. The summed E-state index contributed by atoms with van der Waals surface area (Å²) in [5.74, 6) is -0.268. The molecule has 0 radical (unpaired) electrons. The van der Waals surface area contributed by atoms with Crippen LogP contribution in [0.25, 0.3) is 0 Å². The van der Waals surface area contributed by atoms with E-state index in [1.54, 1.807) is 12.3 Å². The van der Waals surface area contributed by atoms with Crippen LogP contribution in [0.15, 0.2) is 42.6 Å². The molecule has 1 aromatic carbocycles. The Bertz CT molecular complexity index is 669. The third kappa shape index (κ3) is 4.23. The molecule has 1 aliphatic rings. The summed E-state index contributed by atoms with van der Waals surface area (Å²) in [7, 11) is 4.11. The van der Waals surface area contributed by atoms with Crippen LogP contribution >= 0.6 is 0 Å². The second kappa shape index (κ2) is 7.62. The molecule has 5 heteroatoms. The first-order valence-corrected chi connectivity index (χ1v) is 8.37. The Balaban J connectivity index is 1.52. The van der Waals surface area contributed by atoms with E-state index in [-0.39, 0.29) is 17.8 Å². The predicted octanol–water partition coefficient (Wildman–Crippen LogP) is 3.33. The molecule has 1 aromatic heterocycles. The van der Waals surface area contributed by atoms with Crippen LogP contribution < -0.4 is 9.64 Å². The van der Waals surface area contributed by atoms with Gasteiger partial charge in [0.2, 0.25) is 0 Å². The average Bonchev–Trinajstić information content (AvgIpc) is 2.59. The highest BCUT2D eigenvalue weighted by Gasteiger charge is 2.22. The summed E-state index contributed by atoms with van der Waals surface area (Å²) < 4.78 is 19.3. The van der Waals surface area contributed by atoms with Gasteiger partial charge in [-0.3, -0.25) is 4.90 Å². The minimum atomic E-state index is -0.388. The Hall–Kier alpha value is -2.14. The Morgan fingerprint density at radius 1 is 1.21 bits per heavy atom. The van der Waals surface area contributed by atoms with Crippen LogP contribution in [-0.2, 0) is 6.54 Å². The van der Waals surface area contributed by atoms with E-state index >= 15 is 0 Å². The zero-order valence-electron chi connectivity index (χ0n) is 14.3. The first-order valence-electron chi connectivity index (χ1n) is 8.37. The molecule has 0 saturated carbocycles. The molecule has 24 heavy (non-hydrogen) atoms. The van der Waals surface area contributed by atoms with Crippen molar-refractivity contribution in [1.82, 2.24) is 9.88 Å². The molecule has 2 aromatic rings. The van der Waals surface area contributed by atoms with Crippen LogP contribution in [0.4, 0.5) is 10.1 Å². The average molecular weight is 329 g/mol. The van der Waals surface area contributed by atoms with Gasteiger partial charge in [0, 0.05) is 45.6 Å². The molecule has 1 aliphatic heterocycles. The largest absolute Gasteiger partial charge is 0.472 e. The Labute approximate surface area is 142 Å². The van der Waals surface area contributed by atoms with E-state index < -0.39 is 0 Å². The normalized spacial score (nSPS) is 16.1. The molecule has 1 saturated heterocycles. The SMILES string of the molecule is CN(C)c1cccc(CN2CCC(Oc3ncccc3F)CC2)c1. The van der Waals surface area contributed by atoms with Crippen LogP contribution in [0.2, 0.25) is 0 Å². The number of benzene rings is 1. The van der Waals surface area contributed by atoms with Gasteiger partial charge < -0.3 is 9.64 Å². The zero-order valence-corrected chi connectivity index (χ0v) is 14.3. The molecule has 4 nitrogen and oxygen atoms in total. The van der Waals surface area contributed by atoms with Gasteiger partial charge in [0.1, 0.15) is 6.10 Å². The number of piperidine rings is 1. The maximum absolute atomic E-state index is 13.6. The standard InChI is InChI=1S/C19H24FN3O/c1-22(2)16-6-3-5-15(13-16)14-23-11-8-17(9-12-23)24-19-18(20)7-4-10-21-19/h3-7,10,13,17H,8-9,11-12,14H2,1-2H3. The maximum atomic E-state index is 13.6. The van der Waals surface area contributed by atoms with Crippen LogP contribution in [0.1, 0.15) is 18.4 Å². The quantitative estimate of drug-likeness (QED) is 0.841. The molecule has 0 amide bonds. The molecule has 0 N–H and O–H groups in total. The fourth-order valence-corrected chi connectivity index (χ4v) is 2.99. The lowest BCUT2D eigenvalue weighted by molar-refractivity contribution is 0.0896. The van der Waals surface area contributed by atoms with Crippen molar-refractivity contribution in [3.05, 3.63) is 54.0 Å². The van der Waals surface area contributed by atoms with E-state index in [1.807, 2.05) is 0 Å². The van der Waals surface area contributed by atoms with Gasteiger partial charge in [0.15, 0.2) is 5.82 Å². The van der Waals surface area contributed by atoms with Crippen molar-refractivity contribution >= 4 is 5.69 Å². The minimum absolute atomic E-state index is 0.0405. The Morgan fingerprint density at radius 3 is 2.71 bits per heavy atom. The van der Waals surface area contributed by atoms with Crippen molar-refractivity contribution in [2.75, 3.05) is 32.1 Å². The molecule has 1 fully saturated rings. The van der Waals surface area contributed by atoms with Gasteiger partial charge in [-0.05, 0) is 42.7 Å². The number of likely N-dealkylation sites (tertiary alicyclic amines) is 1. The number of halogens is 1. The lowest BCUT2D eigenvalue weighted by Gasteiger charge is -2.32. The van der Waals surface area contributed by atoms with Gasteiger partial charge in [0.25, 0.3) is 5.88 Å². The first-order chi connectivity index (χ1) is 11.6. The minimum Gasteiger partial charge on any atom is -0.472 e. The van der Waals surface area contributed by atoms with Crippen LogP contribution in [0.5, 0.6) is 5.88 Å². The fourth-order valence-electron chi connectivity index (χ4n) is 2.99. The van der Waals surface area contributed by atoms with Gasteiger partial charge in [-0.1, -0.05) is 12.1 Å². The van der Waals surface area contributed by atoms with Gasteiger partial charge in [-0.2, -0.15) is 0 Å². The molecule has 128 valence electrons. The summed E-state index contributed by atoms with van der Waals surface area (Å²) in [6, 6.07) is 11.6. The van der Waals surface area contributed by atoms with E-state index in [0.717, 1.165) is 32.5 Å². The van der Waals surface area contributed by atoms with Crippen molar-refractivity contribution in [3.63, 3.8) is 0 Å². The number of nitrogens with zero attached hydrogens (tertiary/aromatic N) is 3. The predicted molar refractivity (Wildman–Crippen MR) is 93.9 cm³/mol. The topological polar surface area (TPSA) is 28.6 Å². The van der Waals surface area contributed by atoms with Crippen LogP contribution in [0, 0.1) is 5.82 Å². The number of hydrogen-bond donors (Lipinski definition) is 0. The molecule has 0 spiro atoms. The Morgan fingerprint density at radius 2 is 2.00 bits per heavy atom. The van der Waals surface area contributed by atoms with Crippen molar-refractivity contribution in [3.8, 4) is 5.88 Å². The summed E-state index contributed by atoms with van der Waals surface area (Å²) in [5.41, 5.74) is 2.53. The number of pyridine rings is 1. The lowest BCUT2D eigenvalue weighted by atomic mass is 10.1. The van der Waals surface area contributed by atoms with Crippen molar-refractivity contribution in [1.29, 1.82) is 0 Å². The maximum Gasteiger partial charge on any atom is 0.250 e. The Kier molecular flexibility index (Phi) is 5.30. The van der Waals surface area contributed by atoms with Crippen LogP contribution in [-0.4, -0.2) is 43.2 Å². The third-order valence-electron chi connectivity index (χ3n) is 4.37. The molecule has 0 atom stereocenters. The number of anilines is 1. The van der Waals surface area contributed by atoms with Crippen molar-refractivity contribution in [2.45, 2.75) is 25.5 Å². The molecule has 0 aliphatic carbocycles. The number of hydrogen-bond acceptors (Lipinski definition) is 4. The summed E-state index contributed by atoms with van der Waals surface area (Å²) >= 11 is 0. The van der Waals surface area contributed by atoms with E-state index in [0.29, 0.717) is 0 Å². The number of aromatic nitrogens is 1. The monoisotopic (exact) mass is 329 g/mol. The highest BCUT2D eigenvalue weighted by atomic mass is 19.1. The van der Waals surface area contributed by atoms with Gasteiger partial charge >= 0.3 is 0 Å².